The number of nitrogens with one attached hydrogen (secondary N) is 2. The van der Waals surface area contributed by atoms with E-state index in [9.17, 15) is 13.2 Å². The van der Waals surface area contributed by atoms with Crippen molar-refractivity contribution in [1.29, 1.82) is 0 Å². The van der Waals surface area contributed by atoms with Crippen LogP contribution < -0.4 is 15.4 Å². The van der Waals surface area contributed by atoms with Gasteiger partial charge in [0.15, 0.2) is 0 Å². The molecule has 0 aliphatic heterocycles. The molecule has 1 aromatic carbocycles. The number of ether oxygens (including phenoxy) is 3. The maximum absolute atomic E-state index is 12.6. The van der Waals surface area contributed by atoms with Crippen LogP contribution in [0.5, 0.6) is 5.75 Å². The minimum atomic E-state index is -2.10. The van der Waals surface area contributed by atoms with E-state index in [1.54, 1.807) is 0 Å². The van der Waals surface area contributed by atoms with E-state index in [0.717, 1.165) is 78.6 Å². The van der Waals surface area contributed by atoms with Crippen molar-refractivity contribution in [2.45, 2.75) is 400 Å². The molecule has 0 bridgehead atoms. The minimum absolute atomic E-state index is 0.150. The van der Waals surface area contributed by atoms with Crippen LogP contribution in [0, 0.1) is 52.3 Å². The SMILES string of the molecule is CC(C)C.CC(C)C1(C(F)F)CC1.CC(C)C1(C)CC1.CC(C)C1(Cl)CC1.CC(C)C1(F)CC1.CC(C)C1CC1.CC(C)N(C)C.CC(C)N(C)C1CC1.CC(C)NC1CC1.CC(C)OC1(C)CC1.CC(C)OC1CC1.CC(C)Oc1ccccc1.CNC(C)C. The molecule has 0 unspecified atom stereocenters. The number of hydrogen-bond acceptors (Lipinski definition) is 7. The Morgan fingerprint density at radius 1 is 0.516 bits per heavy atom. The maximum atomic E-state index is 12.6. The maximum Gasteiger partial charge on any atom is 0.244 e. The van der Waals surface area contributed by atoms with Gasteiger partial charge < -0.3 is 34.6 Å². The van der Waals surface area contributed by atoms with E-state index in [1.165, 1.54) is 89.9 Å². The molecule has 9 saturated carbocycles. The lowest BCUT2D eigenvalue weighted by Crippen LogP contribution is -2.28. The summed E-state index contributed by atoms with van der Waals surface area (Å²) in [4.78, 5) is 4.83. The van der Waals surface area contributed by atoms with Crippen molar-refractivity contribution in [2.24, 2.45) is 52.3 Å². The van der Waals surface area contributed by atoms with Crippen molar-refractivity contribution in [1.82, 2.24) is 20.4 Å². The highest BCUT2D eigenvalue weighted by atomic mass is 35.5. The van der Waals surface area contributed by atoms with Gasteiger partial charge in [-0.1, -0.05) is 143 Å². The summed E-state index contributed by atoms with van der Waals surface area (Å²) < 4.78 is 53.2. The van der Waals surface area contributed by atoms with Gasteiger partial charge in [0.2, 0.25) is 6.43 Å². The Morgan fingerprint density at radius 2 is 0.956 bits per heavy atom. The van der Waals surface area contributed by atoms with Gasteiger partial charge in [0, 0.05) is 46.5 Å². The Bertz CT molecular complexity index is 1720. The first-order valence-electron chi connectivity index (χ1n) is 37.2. The lowest BCUT2D eigenvalue weighted by molar-refractivity contribution is 0.000853. The second-order valence-corrected chi connectivity index (χ2v) is 34.0. The first-order valence-corrected chi connectivity index (χ1v) is 37.6. The van der Waals surface area contributed by atoms with Crippen LogP contribution in [0.3, 0.4) is 0 Å². The molecule has 9 aliphatic carbocycles. The van der Waals surface area contributed by atoms with Crippen molar-refractivity contribution in [3.8, 4) is 5.75 Å². The van der Waals surface area contributed by atoms with Crippen molar-refractivity contribution in [3.05, 3.63) is 30.3 Å². The number of rotatable bonds is 18. The predicted octanol–water partition coefficient (Wildman–Crippen LogP) is 23.6. The van der Waals surface area contributed by atoms with Crippen LogP contribution in [0.15, 0.2) is 30.3 Å². The van der Waals surface area contributed by atoms with Gasteiger partial charge in [-0.2, -0.15) is 0 Å². The van der Waals surface area contributed by atoms with Gasteiger partial charge in [0.1, 0.15) is 11.4 Å². The molecule has 11 heteroatoms. The standard InChI is InChI=1S/C9H12O.C7H12F2.C7H15N.C7H14O.C7H14.C6H11Cl.C6H11F.C6H13N.C6H12O.C6H12.C5H13N.C4H11N.C4H10/c1-8(2)10-9-6-4-3-5-7-9;1-5(2)7(3-4-7)6(8)9;1-6(2)8(3)7-4-5-7;1-6(2)8-7(3)4-5-7;1-6(2)7(3)4-5-7;2*1-5(2)6(7)3-4-6;2*1-5(2)7-6-3-4-6;1-5(2)6-3-4-6;1-5(2)6(3)4;1-4(2)5-3;1-4(2)3/h3-8H,1-2H3;5-6H,3-4H2,1-2H3;6-7H,4-5H2,1-3H3;6H,4-5H2,1-3H3;6H,4-5H2,1-3H3;2*5H,3-4H2,1-2H3;5-7H,3-4H2,1-2H3;5-6H,3-4H2,1-2H3;5-6H,3-4H2,1-2H3;5H,1-4H3;4-5H,1-3H3;4H,1-3H3. The number of benzene rings is 1. The van der Waals surface area contributed by atoms with E-state index in [1.807, 2.05) is 78.9 Å². The van der Waals surface area contributed by atoms with Gasteiger partial charge in [-0.25, -0.2) is 13.2 Å². The fourth-order valence-electron chi connectivity index (χ4n) is 7.97. The highest BCUT2D eigenvalue weighted by molar-refractivity contribution is 6.26. The van der Waals surface area contributed by atoms with Crippen molar-refractivity contribution < 1.29 is 27.4 Å². The summed E-state index contributed by atoms with van der Waals surface area (Å²) >= 11 is 5.98. The summed E-state index contributed by atoms with van der Waals surface area (Å²) in [6.45, 7) is 62.1. The highest BCUT2D eigenvalue weighted by Crippen LogP contribution is 2.56. The molecule has 2 N–H and O–H groups in total. The van der Waals surface area contributed by atoms with Crippen LogP contribution in [-0.4, -0.2) is 121 Å². The molecule has 7 nitrogen and oxygen atoms in total. The number of hydrogen-bond donors (Lipinski definition) is 2. The van der Waals surface area contributed by atoms with Gasteiger partial charge in [0.05, 0.1) is 30.0 Å². The fourth-order valence-corrected chi connectivity index (χ4v) is 8.07. The lowest BCUT2D eigenvalue weighted by atomic mass is 9.93. The Kier molecular flexibility index (Phi) is 49.3. The van der Waals surface area contributed by atoms with Gasteiger partial charge in [-0.3, -0.25) is 0 Å². The number of halogens is 4. The molecule has 10 rings (SSSR count). The third-order valence-electron chi connectivity index (χ3n) is 18.2. The second kappa shape index (κ2) is 47.7. The van der Waals surface area contributed by atoms with Crippen LogP contribution in [0.4, 0.5) is 13.2 Å². The summed E-state index contributed by atoms with van der Waals surface area (Å²) in [7, 11) is 8.31. The topological polar surface area (TPSA) is 58.2 Å². The van der Waals surface area contributed by atoms with Crippen LogP contribution in [0.25, 0.3) is 0 Å². The number of alkyl halides is 4. The normalized spacial score (nSPS) is 19.6. The number of nitrogens with zero attached hydrogens (tertiary/aromatic N) is 2. The summed E-state index contributed by atoms with van der Waals surface area (Å²) in [5.74, 6) is 5.82. The van der Waals surface area contributed by atoms with Crippen molar-refractivity contribution >= 4 is 11.6 Å². The number of para-hydroxylation sites is 1. The molecule has 0 aromatic heterocycles. The van der Waals surface area contributed by atoms with Gasteiger partial charge in [-0.05, 0) is 279 Å². The van der Waals surface area contributed by atoms with E-state index in [2.05, 4.69) is 201 Å². The predicted molar refractivity (Wildman–Crippen MR) is 399 cm³/mol. The van der Waals surface area contributed by atoms with E-state index >= 15 is 0 Å². The van der Waals surface area contributed by atoms with E-state index < -0.39 is 17.5 Å². The van der Waals surface area contributed by atoms with Crippen molar-refractivity contribution in [2.75, 3.05) is 28.2 Å². The molecule has 546 valence electrons. The van der Waals surface area contributed by atoms with E-state index in [4.69, 9.17) is 25.8 Å². The summed E-state index contributed by atoms with van der Waals surface area (Å²) in [5.41, 5.74) is -0.311. The molecule has 91 heavy (non-hydrogen) atoms. The molecule has 0 atom stereocenters. The van der Waals surface area contributed by atoms with Gasteiger partial charge in [0.25, 0.3) is 0 Å². The molecular weight excluding hydrogens is 1160 g/mol. The first-order chi connectivity index (χ1) is 41.7. The van der Waals surface area contributed by atoms with Crippen LogP contribution in [-0.2, 0) is 9.47 Å². The third-order valence-corrected chi connectivity index (χ3v) is 19.0. The Labute approximate surface area is 572 Å². The molecule has 0 amide bonds. The van der Waals surface area contributed by atoms with E-state index in [-0.39, 0.29) is 28.4 Å². The molecule has 0 spiro atoms. The summed E-state index contributed by atoms with van der Waals surface area (Å²) in [5, 5.41) is 6.44. The third kappa shape index (κ3) is 56.6. The first kappa shape index (κ1) is 94.0. The zero-order valence-electron chi connectivity index (χ0n) is 66.6. The van der Waals surface area contributed by atoms with Crippen molar-refractivity contribution in [3.63, 3.8) is 0 Å². The van der Waals surface area contributed by atoms with Crippen LogP contribution in [0.2, 0.25) is 0 Å². The summed E-state index contributed by atoms with van der Waals surface area (Å²) in [6.07, 6.45) is 21.8. The average Bonchev–Trinajstić information content (AvgIpc) is 1.68. The Morgan fingerprint density at radius 3 is 1.05 bits per heavy atom. The average molecular weight is 1320 g/mol. The quantitative estimate of drug-likeness (QED) is 0.142. The molecule has 0 radical (unpaired) electrons. The minimum Gasteiger partial charge on any atom is -0.491 e. The molecule has 9 aliphatic rings. The fraction of sp³-hybridized carbons (Fsp3) is 0.925. The molecule has 1 aromatic rings. The van der Waals surface area contributed by atoms with Crippen LogP contribution >= 0.6 is 11.6 Å². The smallest absolute Gasteiger partial charge is 0.244 e. The Balaban J connectivity index is -0.000000927. The largest absolute Gasteiger partial charge is 0.491 e. The molecule has 0 heterocycles. The second-order valence-electron chi connectivity index (χ2n) is 33.3. The van der Waals surface area contributed by atoms with Crippen LogP contribution in [0.1, 0.15) is 316 Å². The molecular formula is C80H160ClF3N4O3. The van der Waals surface area contributed by atoms with Gasteiger partial charge >= 0.3 is 0 Å². The highest BCUT2D eigenvalue weighted by Gasteiger charge is 2.53. The zero-order chi connectivity index (χ0) is 71.4. The Hall–Kier alpha value is -1.14. The molecule has 9 fully saturated rings. The monoisotopic (exact) mass is 1320 g/mol. The summed E-state index contributed by atoms with van der Waals surface area (Å²) in [6, 6.07) is 14.4. The zero-order valence-corrected chi connectivity index (χ0v) is 67.4. The van der Waals surface area contributed by atoms with Gasteiger partial charge in [-0.15, -0.1) is 11.6 Å². The molecule has 0 saturated heterocycles. The lowest BCUT2D eigenvalue weighted by Gasteiger charge is -2.19. The van der Waals surface area contributed by atoms with E-state index in [0.29, 0.717) is 42.4 Å².